The summed E-state index contributed by atoms with van der Waals surface area (Å²) in [7, 11) is 0. The summed E-state index contributed by atoms with van der Waals surface area (Å²) in [5.41, 5.74) is 1.93. The van der Waals surface area contributed by atoms with Crippen molar-refractivity contribution in [1.29, 1.82) is 0 Å². The minimum absolute atomic E-state index is 0.0817. The largest absolute Gasteiger partial charge is 0.346 e. The van der Waals surface area contributed by atoms with Crippen molar-refractivity contribution in [3.05, 3.63) is 30.1 Å². The molecule has 1 atom stereocenters. The van der Waals surface area contributed by atoms with Crippen LogP contribution in [0.4, 0.5) is 0 Å². The third-order valence-corrected chi connectivity index (χ3v) is 2.95. The Kier molecular flexibility index (Phi) is 3.97. The number of H-pyrrole nitrogens is 1. The lowest BCUT2D eigenvalue weighted by molar-refractivity contribution is -0.121. The van der Waals surface area contributed by atoms with E-state index in [1.165, 1.54) is 0 Å². The predicted molar refractivity (Wildman–Crippen MR) is 72.2 cm³/mol. The third-order valence-electron chi connectivity index (χ3n) is 2.95. The van der Waals surface area contributed by atoms with Crippen LogP contribution >= 0.6 is 0 Å². The van der Waals surface area contributed by atoms with Crippen LogP contribution in [0.15, 0.2) is 24.3 Å². The minimum Gasteiger partial charge on any atom is -0.346 e. The van der Waals surface area contributed by atoms with Crippen molar-refractivity contribution in [3.63, 3.8) is 0 Å². The van der Waals surface area contributed by atoms with Crippen molar-refractivity contribution in [3.8, 4) is 0 Å². The number of benzene rings is 1. The number of para-hydroxylation sites is 2. The first-order valence-electron chi connectivity index (χ1n) is 6.44. The summed E-state index contributed by atoms with van der Waals surface area (Å²) < 4.78 is 0. The Morgan fingerprint density at radius 1 is 1.44 bits per heavy atom. The maximum absolute atomic E-state index is 11.6. The lowest BCUT2D eigenvalue weighted by Gasteiger charge is -2.10. The average Bonchev–Trinajstić information content (AvgIpc) is 2.80. The molecule has 0 aliphatic carbocycles. The molecule has 0 bridgehead atoms. The number of nitrogens with one attached hydrogen (secondary N) is 2. The number of unbranched alkanes of at least 4 members (excludes halogenated alkanes) is 1. The molecular weight excluding hydrogens is 226 g/mol. The van der Waals surface area contributed by atoms with Gasteiger partial charge in [-0.15, -0.1) is 0 Å². The number of hydrogen-bond acceptors (Lipinski definition) is 2. The topological polar surface area (TPSA) is 57.8 Å². The summed E-state index contributed by atoms with van der Waals surface area (Å²) in [6, 6.07) is 7.78. The molecule has 4 nitrogen and oxygen atoms in total. The maximum atomic E-state index is 11.6. The van der Waals surface area contributed by atoms with Crippen LogP contribution in [0.25, 0.3) is 11.0 Å². The second-order valence-corrected chi connectivity index (χ2v) is 4.53. The van der Waals surface area contributed by atoms with E-state index in [1.807, 2.05) is 31.2 Å². The molecule has 2 aromatic rings. The highest BCUT2D eigenvalue weighted by atomic mass is 16.1. The Balaban J connectivity index is 2.04. The zero-order valence-electron chi connectivity index (χ0n) is 10.9. The third kappa shape index (κ3) is 2.88. The van der Waals surface area contributed by atoms with Gasteiger partial charge >= 0.3 is 0 Å². The van der Waals surface area contributed by atoms with E-state index in [-0.39, 0.29) is 11.9 Å². The molecule has 0 spiro atoms. The van der Waals surface area contributed by atoms with Gasteiger partial charge in [-0.25, -0.2) is 4.98 Å². The molecule has 1 aromatic carbocycles. The van der Waals surface area contributed by atoms with Gasteiger partial charge < -0.3 is 10.3 Å². The van der Waals surface area contributed by atoms with Gasteiger partial charge in [0.15, 0.2) is 0 Å². The molecule has 96 valence electrons. The van der Waals surface area contributed by atoms with Crippen molar-refractivity contribution >= 4 is 16.9 Å². The highest BCUT2D eigenvalue weighted by Crippen LogP contribution is 2.15. The summed E-state index contributed by atoms with van der Waals surface area (Å²) >= 11 is 0. The fourth-order valence-corrected chi connectivity index (χ4v) is 1.90. The van der Waals surface area contributed by atoms with Crippen LogP contribution in [-0.4, -0.2) is 15.9 Å². The SMILES string of the molecule is CCCCC(=O)NC(C)c1nc2ccccc2[nH]1. The van der Waals surface area contributed by atoms with Crippen molar-refractivity contribution in [2.75, 3.05) is 0 Å². The molecule has 1 aromatic heterocycles. The first-order valence-corrected chi connectivity index (χ1v) is 6.44. The van der Waals surface area contributed by atoms with Crippen LogP contribution in [0.2, 0.25) is 0 Å². The molecule has 1 amide bonds. The highest BCUT2D eigenvalue weighted by molar-refractivity contribution is 5.77. The summed E-state index contributed by atoms with van der Waals surface area (Å²) in [6.07, 6.45) is 2.55. The van der Waals surface area contributed by atoms with Crippen LogP contribution in [0.5, 0.6) is 0 Å². The Hall–Kier alpha value is -1.84. The maximum Gasteiger partial charge on any atom is 0.220 e. The molecule has 0 aliphatic heterocycles. The van der Waals surface area contributed by atoms with E-state index in [0.29, 0.717) is 6.42 Å². The molecule has 18 heavy (non-hydrogen) atoms. The molecule has 4 heteroatoms. The number of carbonyl (C=O) groups excluding carboxylic acids is 1. The average molecular weight is 245 g/mol. The summed E-state index contributed by atoms with van der Waals surface area (Å²) in [6.45, 7) is 4.03. The van der Waals surface area contributed by atoms with Crippen LogP contribution in [0.1, 0.15) is 45.0 Å². The number of amides is 1. The van der Waals surface area contributed by atoms with E-state index in [4.69, 9.17) is 0 Å². The first-order chi connectivity index (χ1) is 8.70. The normalized spacial score (nSPS) is 12.6. The van der Waals surface area contributed by atoms with E-state index >= 15 is 0 Å². The summed E-state index contributed by atoms with van der Waals surface area (Å²) in [5.74, 6) is 0.894. The number of carbonyl (C=O) groups is 1. The number of imidazole rings is 1. The molecule has 0 saturated carbocycles. The van der Waals surface area contributed by atoms with Gasteiger partial charge in [-0.2, -0.15) is 0 Å². The predicted octanol–water partition coefficient (Wildman–Crippen LogP) is 2.93. The van der Waals surface area contributed by atoms with Crippen molar-refractivity contribution in [1.82, 2.24) is 15.3 Å². The van der Waals surface area contributed by atoms with Crippen molar-refractivity contribution in [2.24, 2.45) is 0 Å². The zero-order chi connectivity index (χ0) is 13.0. The second-order valence-electron chi connectivity index (χ2n) is 4.53. The van der Waals surface area contributed by atoms with E-state index < -0.39 is 0 Å². The highest BCUT2D eigenvalue weighted by Gasteiger charge is 2.12. The van der Waals surface area contributed by atoms with Crippen LogP contribution in [-0.2, 0) is 4.79 Å². The van der Waals surface area contributed by atoms with Gasteiger partial charge in [-0.1, -0.05) is 25.5 Å². The van der Waals surface area contributed by atoms with Gasteiger partial charge in [0, 0.05) is 6.42 Å². The second kappa shape index (κ2) is 5.67. The van der Waals surface area contributed by atoms with Crippen molar-refractivity contribution < 1.29 is 4.79 Å². The molecule has 2 N–H and O–H groups in total. The number of hydrogen-bond donors (Lipinski definition) is 2. The first kappa shape index (κ1) is 12.6. The zero-order valence-corrected chi connectivity index (χ0v) is 10.9. The van der Waals surface area contributed by atoms with E-state index in [1.54, 1.807) is 0 Å². The van der Waals surface area contributed by atoms with Gasteiger partial charge in [-0.05, 0) is 25.5 Å². The molecule has 0 fully saturated rings. The van der Waals surface area contributed by atoms with Crippen LogP contribution in [0.3, 0.4) is 0 Å². The Labute approximate surface area is 107 Å². The van der Waals surface area contributed by atoms with Gasteiger partial charge in [0.25, 0.3) is 0 Å². The lowest BCUT2D eigenvalue weighted by Crippen LogP contribution is -2.26. The van der Waals surface area contributed by atoms with Crippen molar-refractivity contribution in [2.45, 2.75) is 39.2 Å². The smallest absolute Gasteiger partial charge is 0.220 e. The van der Waals surface area contributed by atoms with Gasteiger partial charge in [0.05, 0.1) is 17.1 Å². The summed E-state index contributed by atoms with van der Waals surface area (Å²) in [5, 5.41) is 2.96. The Morgan fingerprint density at radius 3 is 2.94 bits per heavy atom. The molecule has 0 aliphatic rings. The molecule has 0 saturated heterocycles. The van der Waals surface area contributed by atoms with Crippen LogP contribution < -0.4 is 5.32 Å². The van der Waals surface area contributed by atoms with E-state index in [2.05, 4.69) is 22.2 Å². The quantitative estimate of drug-likeness (QED) is 0.851. The number of nitrogens with zero attached hydrogens (tertiary/aromatic N) is 1. The monoisotopic (exact) mass is 245 g/mol. The lowest BCUT2D eigenvalue weighted by atomic mass is 10.2. The van der Waals surface area contributed by atoms with Gasteiger partial charge in [-0.3, -0.25) is 4.79 Å². The standard InChI is InChI=1S/C14H19N3O/c1-3-4-9-13(18)15-10(2)14-16-11-7-5-6-8-12(11)17-14/h5-8,10H,3-4,9H2,1-2H3,(H,15,18)(H,16,17). The number of aromatic nitrogens is 2. The Morgan fingerprint density at radius 2 is 2.22 bits per heavy atom. The number of aromatic amines is 1. The molecular formula is C14H19N3O. The molecule has 2 rings (SSSR count). The molecule has 0 radical (unpaired) electrons. The summed E-state index contributed by atoms with van der Waals surface area (Å²) in [4.78, 5) is 19.4. The fourth-order valence-electron chi connectivity index (χ4n) is 1.90. The molecule has 1 heterocycles. The van der Waals surface area contributed by atoms with Gasteiger partial charge in [0.2, 0.25) is 5.91 Å². The van der Waals surface area contributed by atoms with E-state index in [9.17, 15) is 4.79 Å². The van der Waals surface area contributed by atoms with E-state index in [0.717, 1.165) is 29.7 Å². The van der Waals surface area contributed by atoms with Crippen LogP contribution in [0, 0.1) is 0 Å². The number of rotatable bonds is 5. The minimum atomic E-state index is -0.0817. The Bertz CT molecular complexity index is 500. The number of fused-ring (bicyclic) bond motifs is 1. The fraction of sp³-hybridized carbons (Fsp3) is 0.429. The molecule has 1 unspecified atom stereocenters. The van der Waals surface area contributed by atoms with Gasteiger partial charge in [0.1, 0.15) is 5.82 Å².